The summed E-state index contributed by atoms with van der Waals surface area (Å²) in [5.74, 6) is 0.855. The molecule has 0 unspecified atom stereocenters. The smallest absolute Gasteiger partial charge is 0.234 e. The van der Waals surface area contributed by atoms with Crippen molar-refractivity contribution >= 4 is 40.9 Å². The average Bonchev–Trinajstić information content (AvgIpc) is 3.38. The molecule has 27 heavy (non-hydrogen) atoms. The number of benzene rings is 1. The van der Waals surface area contributed by atoms with Crippen molar-refractivity contribution in [1.82, 2.24) is 14.8 Å². The van der Waals surface area contributed by atoms with Gasteiger partial charge in [0.05, 0.1) is 18.6 Å². The minimum Gasteiger partial charge on any atom is -0.495 e. The zero-order valence-electron chi connectivity index (χ0n) is 14.8. The number of carbonyl (C=O) groups excluding carboxylic acids is 2. The van der Waals surface area contributed by atoms with Crippen molar-refractivity contribution in [2.24, 2.45) is 5.73 Å². The van der Waals surface area contributed by atoms with Crippen LogP contribution < -0.4 is 15.8 Å². The Morgan fingerprint density at radius 3 is 2.85 bits per heavy atom. The van der Waals surface area contributed by atoms with Crippen LogP contribution >= 0.6 is 23.4 Å². The maximum Gasteiger partial charge on any atom is 0.234 e. The number of nitrogens with two attached hydrogens (primary N) is 1. The molecular formula is C17H20ClN5O3S. The summed E-state index contributed by atoms with van der Waals surface area (Å²) >= 11 is 7.28. The Balaban J connectivity index is 1.64. The van der Waals surface area contributed by atoms with Crippen LogP contribution in [0.25, 0.3) is 0 Å². The summed E-state index contributed by atoms with van der Waals surface area (Å²) in [7, 11) is 1.53. The van der Waals surface area contributed by atoms with Crippen molar-refractivity contribution in [2.45, 2.75) is 36.9 Å². The van der Waals surface area contributed by atoms with Crippen LogP contribution in [0.5, 0.6) is 5.75 Å². The van der Waals surface area contributed by atoms with Gasteiger partial charge in [-0.05, 0) is 31.0 Å². The first-order chi connectivity index (χ1) is 13.0. The molecule has 0 bridgehead atoms. The first-order valence-electron chi connectivity index (χ1n) is 8.46. The normalized spacial score (nSPS) is 13.4. The number of nitrogens with one attached hydrogen (secondary N) is 1. The predicted molar refractivity (Wildman–Crippen MR) is 103 cm³/mol. The second-order valence-electron chi connectivity index (χ2n) is 6.15. The van der Waals surface area contributed by atoms with Gasteiger partial charge in [-0.25, -0.2) is 0 Å². The van der Waals surface area contributed by atoms with Crippen LogP contribution in [-0.2, 0) is 16.0 Å². The highest BCUT2D eigenvalue weighted by Crippen LogP contribution is 2.39. The molecule has 2 aromatic rings. The van der Waals surface area contributed by atoms with Crippen molar-refractivity contribution < 1.29 is 14.3 Å². The third-order valence-corrected chi connectivity index (χ3v) is 5.19. The summed E-state index contributed by atoms with van der Waals surface area (Å²) in [6.45, 7) is 0. The van der Waals surface area contributed by atoms with E-state index in [2.05, 4.69) is 15.5 Å². The van der Waals surface area contributed by atoms with E-state index in [4.69, 9.17) is 22.1 Å². The van der Waals surface area contributed by atoms with Gasteiger partial charge in [-0.1, -0.05) is 23.4 Å². The number of carbonyl (C=O) groups is 2. The number of ether oxygens (including phenoxy) is 1. The van der Waals surface area contributed by atoms with Crippen molar-refractivity contribution in [2.75, 3.05) is 18.2 Å². The van der Waals surface area contributed by atoms with Gasteiger partial charge in [-0.2, -0.15) is 0 Å². The molecule has 1 aromatic carbocycles. The molecule has 8 nitrogen and oxygen atoms in total. The Morgan fingerprint density at radius 1 is 1.41 bits per heavy atom. The largest absolute Gasteiger partial charge is 0.495 e. The third-order valence-electron chi connectivity index (χ3n) is 4.01. The minimum absolute atomic E-state index is 0.163. The fraction of sp³-hybridized carbons (Fsp3) is 0.412. The molecule has 1 saturated carbocycles. The molecule has 0 radical (unpaired) electrons. The van der Waals surface area contributed by atoms with Crippen LogP contribution in [0.15, 0.2) is 23.4 Å². The molecule has 0 saturated heterocycles. The number of hydrogen-bond acceptors (Lipinski definition) is 6. The van der Waals surface area contributed by atoms with Crippen molar-refractivity contribution in [1.29, 1.82) is 0 Å². The van der Waals surface area contributed by atoms with Crippen LogP contribution in [0.4, 0.5) is 5.69 Å². The number of anilines is 1. The van der Waals surface area contributed by atoms with Gasteiger partial charge in [0.25, 0.3) is 0 Å². The molecular weight excluding hydrogens is 390 g/mol. The monoisotopic (exact) mass is 409 g/mol. The van der Waals surface area contributed by atoms with Crippen LogP contribution in [-0.4, -0.2) is 39.4 Å². The van der Waals surface area contributed by atoms with Gasteiger partial charge in [0.15, 0.2) is 5.16 Å². The standard InChI is InChI=1S/C17H20ClN5O3S/c1-26-13-5-2-10(18)8-12(13)20-16(25)9-27-17-22-21-15(7-6-14(19)24)23(17)11-3-4-11/h2,5,8,11H,3-4,6-7,9H2,1H3,(H2,19,24)(H,20,25). The van der Waals surface area contributed by atoms with E-state index in [-0.39, 0.29) is 24.0 Å². The second-order valence-corrected chi connectivity index (χ2v) is 7.53. The zero-order chi connectivity index (χ0) is 19.4. The molecule has 1 aliphatic carbocycles. The molecule has 3 N–H and O–H groups in total. The number of amides is 2. The van der Waals surface area contributed by atoms with E-state index in [0.717, 1.165) is 18.7 Å². The summed E-state index contributed by atoms with van der Waals surface area (Å²) < 4.78 is 7.24. The SMILES string of the molecule is COc1ccc(Cl)cc1NC(=O)CSc1nnc(CCC(N)=O)n1C1CC1. The van der Waals surface area contributed by atoms with Gasteiger partial charge in [-0.15, -0.1) is 10.2 Å². The maximum atomic E-state index is 12.3. The molecule has 1 aliphatic rings. The van der Waals surface area contributed by atoms with Crippen molar-refractivity contribution in [3.63, 3.8) is 0 Å². The topological polar surface area (TPSA) is 112 Å². The van der Waals surface area contributed by atoms with Crippen LogP contribution in [0.1, 0.15) is 31.1 Å². The highest BCUT2D eigenvalue weighted by Gasteiger charge is 2.29. The third kappa shape index (κ3) is 5.14. The van der Waals surface area contributed by atoms with Crippen LogP contribution in [0.2, 0.25) is 5.02 Å². The number of hydrogen-bond donors (Lipinski definition) is 2. The molecule has 0 aliphatic heterocycles. The quantitative estimate of drug-likeness (QED) is 0.615. The van der Waals surface area contributed by atoms with Gasteiger partial charge >= 0.3 is 0 Å². The fourth-order valence-corrected chi connectivity index (χ4v) is 3.60. The number of thioether (sulfide) groups is 1. The summed E-state index contributed by atoms with van der Waals surface area (Å²) in [5.41, 5.74) is 5.74. The van der Waals surface area contributed by atoms with Crippen LogP contribution in [0, 0.1) is 0 Å². The van der Waals surface area contributed by atoms with E-state index >= 15 is 0 Å². The average molecular weight is 410 g/mol. The van der Waals surface area contributed by atoms with E-state index in [1.54, 1.807) is 18.2 Å². The number of rotatable bonds is 9. The zero-order valence-corrected chi connectivity index (χ0v) is 16.3. The molecule has 0 spiro atoms. The summed E-state index contributed by atoms with van der Waals surface area (Å²) in [4.78, 5) is 23.4. The van der Waals surface area contributed by atoms with Gasteiger partial charge in [0.1, 0.15) is 11.6 Å². The number of nitrogens with zero attached hydrogens (tertiary/aromatic N) is 3. The Hall–Kier alpha value is -2.26. The molecule has 10 heteroatoms. The van der Waals surface area contributed by atoms with E-state index in [1.165, 1.54) is 18.9 Å². The van der Waals surface area contributed by atoms with Crippen molar-refractivity contribution in [3.05, 3.63) is 29.0 Å². The first kappa shape index (κ1) is 19.5. The van der Waals surface area contributed by atoms with Gasteiger partial charge in [0, 0.05) is 23.9 Å². The van der Waals surface area contributed by atoms with Gasteiger partial charge < -0.3 is 20.4 Å². The summed E-state index contributed by atoms with van der Waals surface area (Å²) in [6.07, 6.45) is 2.76. The number of primary amides is 1. The van der Waals surface area contributed by atoms with Crippen LogP contribution in [0.3, 0.4) is 0 Å². The maximum absolute atomic E-state index is 12.3. The summed E-state index contributed by atoms with van der Waals surface area (Å²) in [6, 6.07) is 5.36. The van der Waals surface area contributed by atoms with E-state index in [1.807, 2.05) is 4.57 Å². The minimum atomic E-state index is -0.371. The molecule has 1 aromatic heterocycles. The highest BCUT2D eigenvalue weighted by molar-refractivity contribution is 7.99. The van der Waals surface area contributed by atoms with E-state index in [0.29, 0.717) is 34.1 Å². The predicted octanol–water partition coefficient (Wildman–Crippen LogP) is 2.42. The molecule has 1 fully saturated rings. The van der Waals surface area contributed by atoms with E-state index in [9.17, 15) is 9.59 Å². The molecule has 0 atom stereocenters. The molecule has 1 heterocycles. The Labute approximate surface area is 165 Å². The lowest BCUT2D eigenvalue weighted by Gasteiger charge is -2.11. The Bertz CT molecular complexity index is 853. The van der Waals surface area contributed by atoms with Gasteiger partial charge in [0.2, 0.25) is 11.8 Å². The first-order valence-corrected chi connectivity index (χ1v) is 9.82. The number of aryl methyl sites for hydroxylation is 1. The lowest BCUT2D eigenvalue weighted by atomic mass is 10.3. The second kappa shape index (κ2) is 8.62. The number of halogens is 1. The summed E-state index contributed by atoms with van der Waals surface area (Å²) in [5, 5.41) is 12.3. The van der Waals surface area contributed by atoms with E-state index < -0.39 is 0 Å². The molecule has 3 rings (SSSR count). The lowest BCUT2D eigenvalue weighted by Crippen LogP contribution is -2.16. The van der Waals surface area contributed by atoms with Crippen molar-refractivity contribution in [3.8, 4) is 5.75 Å². The Kier molecular flexibility index (Phi) is 6.22. The molecule has 2 amide bonds. The Morgan fingerprint density at radius 2 is 2.19 bits per heavy atom. The highest BCUT2D eigenvalue weighted by atomic mass is 35.5. The van der Waals surface area contributed by atoms with Gasteiger partial charge in [-0.3, -0.25) is 9.59 Å². The number of methoxy groups -OCH3 is 1. The molecule has 144 valence electrons. The fourth-order valence-electron chi connectivity index (χ4n) is 2.61. The lowest BCUT2D eigenvalue weighted by molar-refractivity contribution is -0.118. The number of aromatic nitrogens is 3.